The van der Waals surface area contributed by atoms with Gasteiger partial charge in [-0.3, -0.25) is 4.57 Å². The quantitative estimate of drug-likeness (QED) is 0.157. The lowest BCUT2D eigenvalue weighted by Gasteiger charge is -2.11. The molecule has 1 aromatic heterocycles. The topological polar surface area (TPSA) is 107 Å². The first-order chi connectivity index (χ1) is 18.6. The van der Waals surface area contributed by atoms with Gasteiger partial charge < -0.3 is 15.3 Å². The Morgan fingerprint density at radius 2 is 1.59 bits per heavy atom. The molecule has 11 heteroatoms. The van der Waals surface area contributed by atoms with E-state index in [0.29, 0.717) is 23.1 Å². The fraction of sp³-hybridized carbons (Fsp3) is 0.0357. The summed E-state index contributed by atoms with van der Waals surface area (Å²) >= 11 is 0. The summed E-state index contributed by atoms with van der Waals surface area (Å²) in [6.45, 7) is 0. The molecule has 0 saturated carbocycles. The van der Waals surface area contributed by atoms with Crippen LogP contribution in [0.1, 0.15) is 15.9 Å². The Bertz CT molecular complexity index is 1780. The summed E-state index contributed by atoms with van der Waals surface area (Å²) in [5.74, 6) is -3.23. The third-order valence-electron chi connectivity index (χ3n) is 6.03. The highest BCUT2D eigenvalue weighted by atomic mass is 19.4. The van der Waals surface area contributed by atoms with Crippen LogP contribution in [0.15, 0.2) is 95.2 Å². The summed E-state index contributed by atoms with van der Waals surface area (Å²) in [6.07, 6.45) is -4.75. The van der Waals surface area contributed by atoms with Gasteiger partial charge in [-0.15, -0.1) is 10.2 Å². The van der Waals surface area contributed by atoms with Crippen molar-refractivity contribution in [3.63, 3.8) is 0 Å². The van der Waals surface area contributed by atoms with E-state index in [2.05, 4.69) is 10.2 Å². The minimum absolute atomic E-state index is 0.00910. The van der Waals surface area contributed by atoms with Gasteiger partial charge in [-0.1, -0.05) is 42.5 Å². The van der Waals surface area contributed by atoms with Crippen molar-refractivity contribution < 1.29 is 37.7 Å². The van der Waals surface area contributed by atoms with Gasteiger partial charge in [-0.2, -0.15) is 13.2 Å². The van der Waals surface area contributed by atoms with Crippen molar-refractivity contribution in [3.05, 3.63) is 102 Å². The number of aromatic hydroxyl groups is 2. The Morgan fingerprint density at radius 3 is 2.31 bits per heavy atom. The normalized spacial score (nSPS) is 11.9. The number of carbonyl (C=O) groups is 1. The summed E-state index contributed by atoms with van der Waals surface area (Å²) in [5.41, 5.74) is -0.647. The first kappa shape index (κ1) is 25.5. The third-order valence-corrected chi connectivity index (χ3v) is 6.03. The van der Waals surface area contributed by atoms with Crippen LogP contribution >= 0.6 is 0 Å². The van der Waals surface area contributed by atoms with Gasteiger partial charge in [-0.05, 0) is 48.0 Å². The van der Waals surface area contributed by atoms with Crippen LogP contribution in [0, 0.1) is 5.82 Å². The van der Waals surface area contributed by atoms with Gasteiger partial charge in [0.25, 0.3) is 0 Å². The van der Waals surface area contributed by atoms with Crippen molar-refractivity contribution in [2.45, 2.75) is 6.18 Å². The number of benzene rings is 4. The highest BCUT2D eigenvalue weighted by Crippen LogP contribution is 2.44. The molecule has 39 heavy (non-hydrogen) atoms. The average Bonchev–Trinajstić information content (AvgIpc) is 3.18. The molecule has 7 nitrogen and oxygen atoms in total. The molecule has 5 rings (SSSR count). The minimum atomic E-state index is -4.75. The maximum Gasteiger partial charge on any atom is 0.416 e. The molecule has 0 unspecified atom stereocenters. The number of phenolic OH excluding ortho intramolecular Hbond substituents is 1. The summed E-state index contributed by atoms with van der Waals surface area (Å²) < 4.78 is 54.9. The fourth-order valence-electron chi connectivity index (χ4n) is 4.18. The molecule has 0 spiro atoms. The average molecular weight is 535 g/mol. The predicted octanol–water partition coefficient (Wildman–Crippen LogP) is 7.98. The fourth-order valence-corrected chi connectivity index (χ4v) is 4.18. The number of alkyl halides is 3. The van der Waals surface area contributed by atoms with Crippen molar-refractivity contribution in [2.75, 3.05) is 0 Å². The van der Waals surface area contributed by atoms with Crippen molar-refractivity contribution in [1.82, 2.24) is 4.57 Å². The number of para-hydroxylation sites is 2. The Labute approximate surface area is 217 Å². The van der Waals surface area contributed by atoms with E-state index in [1.54, 1.807) is 36.4 Å². The minimum Gasteiger partial charge on any atom is -0.505 e. The van der Waals surface area contributed by atoms with Crippen LogP contribution in [0.2, 0.25) is 0 Å². The van der Waals surface area contributed by atoms with E-state index in [4.69, 9.17) is 0 Å². The lowest BCUT2D eigenvalue weighted by molar-refractivity contribution is -0.137. The van der Waals surface area contributed by atoms with Crippen molar-refractivity contribution in [1.29, 1.82) is 0 Å². The highest BCUT2D eigenvalue weighted by molar-refractivity contribution is 5.96. The second kappa shape index (κ2) is 9.60. The van der Waals surface area contributed by atoms with Crippen LogP contribution < -0.4 is 0 Å². The van der Waals surface area contributed by atoms with Gasteiger partial charge in [0.1, 0.15) is 11.5 Å². The number of nitrogens with zero attached hydrogens (tertiary/aromatic N) is 3. The lowest BCUT2D eigenvalue weighted by atomic mass is 10.0. The predicted molar refractivity (Wildman–Crippen MR) is 135 cm³/mol. The second-order valence-corrected chi connectivity index (χ2v) is 8.45. The number of aromatic nitrogens is 1. The molecular formula is C28H17F4N3O4. The Morgan fingerprint density at radius 1 is 0.846 bits per heavy atom. The molecule has 1 heterocycles. The van der Waals surface area contributed by atoms with E-state index in [0.717, 1.165) is 10.6 Å². The van der Waals surface area contributed by atoms with E-state index in [1.807, 2.05) is 0 Å². The monoisotopic (exact) mass is 535 g/mol. The van der Waals surface area contributed by atoms with Crippen molar-refractivity contribution in [2.24, 2.45) is 10.2 Å². The highest BCUT2D eigenvalue weighted by Gasteiger charge is 2.32. The molecule has 0 saturated heterocycles. The number of phenols is 1. The molecule has 0 atom stereocenters. The largest absolute Gasteiger partial charge is 0.505 e. The molecule has 0 aliphatic carbocycles. The van der Waals surface area contributed by atoms with Crippen LogP contribution in [0.4, 0.5) is 28.9 Å². The van der Waals surface area contributed by atoms with Gasteiger partial charge in [-0.25, -0.2) is 9.18 Å². The van der Waals surface area contributed by atoms with Crippen molar-refractivity contribution >= 4 is 28.2 Å². The number of carboxylic acids is 1. The first-order valence-corrected chi connectivity index (χ1v) is 11.3. The van der Waals surface area contributed by atoms with Crippen LogP contribution in [0.25, 0.3) is 27.7 Å². The Balaban J connectivity index is 1.60. The number of hydrogen-bond donors (Lipinski definition) is 3. The number of fused-ring (bicyclic) bond motifs is 1. The van der Waals surface area contributed by atoms with Crippen LogP contribution in [0.3, 0.4) is 0 Å². The zero-order chi connectivity index (χ0) is 27.9. The molecule has 0 amide bonds. The molecule has 0 aliphatic rings. The van der Waals surface area contributed by atoms with Crippen LogP contribution in [-0.2, 0) is 6.18 Å². The van der Waals surface area contributed by atoms with Gasteiger partial charge in [0.15, 0.2) is 11.4 Å². The smallest absolute Gasteiger partial charge is 0.416 e. The summed E-state index contributed by atoms with van der Waals surface area (Å²) in [6, 6.07) is 18.8. The second-order valence-electron chi connectivity index (χ2n) is 8.45. The number of rotatable bonds is 5. The van der Waals surface area contributed by atoms with E-state index < -0.39 is 29.4 Å². The molecule has 0 fully saturated rings. The summed E-state index contributed by atoms with van der Waals surface area (Å²) in [4.78, 5) is 11.3. The van der Waals surface area contributed by atoms with E-state index in [1.165, 1.54) is 30.3 Å². The molecule has 0 bridgehead atoms. The standard InChI is InChI=1S/C28H17F4N3O4/c29-20-14-17(28(30,31)32)11-12-23(20)35-22-10-2-1-7-19(22)24(26(35)37)34-33-21-9-4-8-18(25(21)36)15-5-3-6-16(13-15)27(38)39/h1-14,36-37H,(H,38,39). The van der Waals surface area contributed by atoms with Crippen LogP contribution in [0.5, 0.6) is 11.6 Å². The van der Waals surface area contributed by atoms with Crippen LogP contribution in [-0.4, -0.2) is 25.9 Å². The number of halogens is 4. The van der Waals surface area contributed by atoms with Gasteiger partial charge in [0.05, 0.1) is 22.3 Å². The zero-order valence-electron chi connectivity index (χ0n) is 19.7. The SMILES string of the molecule is O=C(O)c1cccc(-c2cccc(N=Nc3c(O)n(-c4ccc(C(F)(F)F)cc4F)c4ccccc34)c2O)c1. The molecular weight excluding hydrogens is 518 g/mol. The van der Waals surface area contributed by atoms with E-state index in [-0.39, 0.29) is 39.5 Å². The third kappa shape index (κ3) is 4.65. The molecule has 3 N–H and O–H groups in total. The Kier molecular flexibility index (Phi) is 6.27. The van der Waals surface area contributed by atoms with E-state index in [9.17, 15) is 37.7 Å². The number of hydrogen-bond acceptors (Lipinski definition) is 5. The van der Waals surface area contributed by atoms with Crippen molar-refractivity contribution in [3.8, 4) is 28.4 Å². The van der Waals surface area contributed by atoms with Gasteiger partial charge >= 0.3 is 12.1 Å². The summed E-state index contributed by atoms with van der Waals surface area (Å²) in [7, 11) is 0. The first-order valence-electron chi connectivity index (χ1n) is 11.3. The number of carboxylic acid groups (broad SMARTS) is 1. The molecule has 0 aliphatic heterocycles. The van der Waals surface area contributed by atoms with Gasteiger partial charge in [0.2, 0.25) is 5.88 Å². The lowest BCUT2D eigenvalue weighted by Crippen LogP contribution is -2.07. The number of aromatic carboxylic acids is 1. The molecule has 196 valence electrons. The Hall–Kier alpha value is -5.19. The maximum atomic E-state index is 14.8. The number of azo groups is 1. The molecule has 0 radical (unpaired) electrons. The maximum absolute atomic E-state index is 14.8. The zero-order valence-corrected chi connectivity index (χ0v) is 19.7. The summed E-state index contributed by atoms with van der Waals surface area (Å²) in [5, 5.41) is 39.5. The van der Waals surface area contributed by atoms with Gasteiger partial charge in [0, 0.05) is 10.9 Å². The molecule has 5 aromatic rings. The van der Waals surface area contributed by atoms with E-state index >= 15 is 0 Å². The molecule has 4 aromatic carbocycles.